The van der Waals surface area contributed by atoms with Gasteiger partial charge in [-0.05, 0) is 17.7 Å². The van der Waals surface area contributed by atoms with Crippen LogP contribution in [0.5, 0.6) is 11.5 Å². The first-order chi connectivity index (χ1) is 11.0. The van der Waals surface area contributed by atoms with Crippen molar-refractivity contribution in [2.75, 3.05) is 6.79 Å². The summed E-state index contributed by atoms with van der Waals surface area (Å²) in [6.07, 6.45) is 0. The van der Waals surface area contributed by atoms with Crippen LogP contribution in [0.3, 0.4) is 0 Å². The van der Waals surface area contributed by atoms with Crippen LogP contribution in [0.15, 0.2) is 36.4 Å². The Bertz CT molecular complexity index is 774. The van der Waals surface area contributed by atoms with Crippen molar-refractivity contribution < 1.29 is 28.3 Å². The molecule has 1 aliphatic heterocycles. The number of ether oxygens (including phenoxy) is 3. The molecule has 0 saturated heterocycles. The van der Waals surface area contributed by atoms with Crippen molar-refractivity contribution >= 4 is 11.7 Å². The number of halogens is 1. The SMILES string of the molecule is O=C(OCc1ccc(F)cc1)c1cc2c(cc1[N+](=O)[O-])OCO2. The van der Waals surface area contributed by atoms with E-state index in [4.69, 9.17) is 14.2 Å². The number of benzene rings is 2. The van der Waals surface area contributed by atoms with Gasteiger partial charge in [-0.2, -0.15) is 0 Å². The number of carbonyl (C=O) groups excluding carboxylic acids is 1. The first kappa shape index (κ1) is 14.8. The van der Waals surface area contributed by atoms with Crippen molar-refractivity contribution in [1.29, 1.82) is 0 Å². The number of carbonyl (C=O) groups is 1. The van der Waals surface area contributed by atoms with Gasteiger partial charge in [0.2, 0.25) is 6.79 Å². The molecule has 1 aliphatic rings. The molecule has 0 amide bonds. The van der Waals surface area contributed by atoms with E-state index in [1.807, 2.05) is 0 Å². The van der Waals surface area contributed by atoms with Gasteiger partial charge in [-0.15, -0.1) is 0 Å². The number of nitro groups is 1. The van der Waals surface area contributed by atoms with E-state index in [0.29, 0.717) is 5.56 Å². The molecule has 118 valence electrons. The minimum Gasteiger partial charge on any atom is -0.457 e. The summed E-state index contributed by atoms with van der Waals surface area (Å²) >= 11 is 0. The van der Waals surface area contributed by atoms with E-state index < -0.39 is 22.4 Å². The van der Waals surface area contributed by atoms with E-state index in [2.05, 4.69) is 0 Å². The van der Waals surface area contributed by atoms with Gasteiger partial charge in [0.1, 0.15) is 18.0 Å². The number of hydrogen-bond acceptors (Lipinski definition) is 6. The predicted molar refractivity (Wildman–Crippen MR) is 74.7 cm³/mol. The molecular weight excluding hydrogens is 309 g/mol. The molecule has 0 fully saturated rings. The fourth-order valence-electron chi connectivity index (χ4n) is 2.05. The summed E-state index contributed by atoms with van der Waals surface area (Å²) < 4.78 is 28.0. The smallest absolute Gasteiger partial charge is 0.345 e. The average molecular weight is 319 g/mol. The summed E-state index contributed by atoms with van der Waals surface area (Å²) in [7, 11) is 0. The van der Waals surface area contributed by atoms with Gasteiger partial charge >= 0.3 is 5.97 Å². The molecule has 23 heavy (non-hydrogen) atoms. The van der Waals surface area contributed by atoms with E-state index in [-0.39, 0.29) is 30.5 Å². The zero-order valence-corrected chi connectivity index (χ0v) is 11.7. The summed E-state index contributed by atoms with van der Waals surface area (Å²) in [6.45, 7) is -0.203. The Labute approximate surface area is 129 Å². The van der Waals surface area contributed by atoms with Crippen LogP contribution in [0.2, 0.25) is 0 Å². The molecule has 0 aromatic heterocycles. The van der Waals surface area contributed by atoms with Gasteiger partial charge in [0, 0.05) is 6.07 Å². The molecular formula is C15H10FNO6. The summed E-state index contributed by atoms with van der Waals surface area (Å²) in [6, 6.07) is 7.70. The van der Waals surface area contributed by atoms with Gasteiger partial charge in [0.25, 0.3) is 5.69 Å². The Kier molecular flexibility index (Phi) is 3.80. The summed E-state index contributed by atoms with van der Waals surface area (Å²) in [5, 5.41) is 11.1. The van der Waals surface area contributed by atoms with Crippen LogP contribution in [-0.4, -0.2) is 17.7 Å². The summed E-state index contributed by atoms with van der Waals surface area (Å²) in [5.41, 5.74) is -0.108. The second kappa shape index (κ2) is 5.91. The number of rotatable bonds is 4. The zero-order valence-electron chi connectivity index (χ0n) is 11.7. The highest BCUT2D eigenvalue weighted by Gasteiger charge is 2.28. The second-order valence-electron chi connectivity index (χ2n) is 4.68. The average Bonchev–Trinajstić information content (AvgIpc) is 3.00. The highest BCUT2D eigenvalue weighted by Crippen LogP contribution is 2.38. The number of hydrogen-bond donors (Lipinski definition) is 0. The van der Waals surface area contributed by atoms with Crippen molar-refractivity contribution in [2.24, 2.45) is 0 Å². The van der Waals surface area contributed by atoms with Crippen LogP contribution in [0, 0.1) is 15.9 Å². The molecule has 0 bridgehead atoms. The van der Waals surface area contributed by atoms with Crippen LogP contribution in [0.1, 0.15) is 15.9 Å². The predicted octanol–water partition coefficient (Wildman–Crippen LogP) is 2.82. The monoisotopic (exact) mass is 319 g/mol. The third-order valence-corrected chi connectivity index (χ3v) is 3.19. The highest BCUT2D eigenvalue weighted by molar-refractivity contribution is 5.95. The normalized spacial score (nSPS) is 12.0. The van der Waals surface area contributed by atoms with Crippen LogP contribution < -0.4 is 9.47 Å². The Balaban J connectivity index is 1.81. The number of fused-ring (bicyclic) bond motifs is 1. The lowest BCUT2D eigenvalue weighted by atomic mass is 10.1. The molecule has 0 N–H and O–H groups in total. The van der Waals surface area contributed by atoms with E-state index in [0.717, 1.165) is 6.07 Å². The molecule has 2 aromatic carbocycles. The first-order valence-corrected chi connectivity index (χ1v) is 6.54. The zero-order chi connectivity index (χ0) is 16.4. The Morgan fingerprint density at radius 2 is 1.87 bits per heavy atom. The third kappa shape index (κ3) is 3.05. The number of nitrogens with zero attached hydrogens (tertiary/aromatic N) is 1. The Morgan fingerprint density at radius 3 is 2.52 bits per heavy atom. The lowest BCUT2D eigenvalue weighted by Gasteiger charge is -2.06. The Morgan fingerprint density at radius 1 is 1.22 bits per heavy atom. The number of nitro benzene ring substituents is 1. The van der Waals surface area contributed by atoms with E-state index >= 15 is 0 Å². The second-order valence-corrected chi connectivity index (χ2v) is 4.68. The maximum atomic E-state index is 12.8. The van der Waals surface area contributed by atoms with Crippen molar-refractivity contribution in [2.45, 2.75) is 6.61 Å². The van der Waals surface area contributed by atoms with Crippen LogP contribution in [0.25, 0.3) is 0 Å². The van der Waals surface area contributed by atoms with Crippen LogP contribution >= 0.6 is 0 Å². The van der Waals surface area contributed by atoms with Crippen molar-refractivity contribution in [3.8, 4) is 11.5 Å². The van der Waals surface area contributed by atoms with Crippen LogP contribution in [-0.2, 0) is 11.3 Å². The molecule has 0 spiro atoms. The molecule has 0 radical (unpaired) electrons. The van der Waals surface area contributed by atoms with Gasteiger partial charge < -0.3 is 14.2 Å². The molecule has 0 atom stereocenters. The Hall–Kier alpha value is -3.16. The molecule has 8 heteroatoms. The topological polar surface area (TPSA) is 87.9 Å². The number of esters is 1. The fraction of sp³-hybridized carbons (Fsp3) is 0.133. The van der Waals surface area contributed by atoms with Crippen molar-refractivity contribution in [3.63, 3.8) is 0 Å². The van der Waals surface area contributed by atoms with Crippen molar-refractivity contribution in [1.82, 2.24) is 0 Å². The highest BCUT2D eigenvalue weighted by atomic mass is 19.1. The van der Waals surface area contributed by atoms with Crippen LogP contribution in [0.4, 0.5) is 10.1 Å². The van der Waals surface area contributed by atoms with E-state index in [1.165, 1.54) is 30.3 Å². The minimum atomic E-state index is -0.876. The molecule has 2 aromatic rings. The standard InChI is InChI=1S/C15H10FNO6/c16-10-3-1-9(2-4-10)7-21-15(18)11-5-13-14(23-8-22-13)6-12(11)17(19)20/h1-6H,7-8H2. The van der Waals surface area contributed by atoms with Gasteiger partial charge in [0.05, 0.1) is 11.0 Å². The van der Waals surface area contributed by atoms with E-state index in [1.54, 1.807) is 0 Å². The van der Waals surface area contributed by atoms with Crippen molar-refractivity contribution in [3.05, 3.63) is 63.5 Å². The molecule has 0 saturated carbocycles. The lowest BCUT2D eigenvalue weighted by Crippen LogP contribution is -2.08. The minimum absolute atomic E-state index is 0.0689. The third-order valence-electron chi connectivity index (χ3n) is 3.19. The molecule has 0 aliphatic carbocycles. The molecule has 0 unspecified atom stereocenters. The van der Waals surface area contributed by atoms with E-state index in [9.17, 15) is 19.3 Å². The maximum Gasteiger partial charge on any atom is 0.345 e. The maximum absolute atomic E-state index is 12.8. The molecule has 7 nitrogen and oxygen atoms in total. The van der Waals surface area contributed by atoms with Gasteiger partial charge in [-0.1, -0.05) is 12.1 Å². The largest absolute Gasteiger partial charge is 0.457 e. The fourth-order valence-corrected chi connectivity index (χ4v) is 2.05. The molecule has 1 heterocycles. The summed E-state index contributed by atoms with van der Waals surface area (Å²) in [4.78, 5) is 22.5. The summed E-state index contributed by atoms with van der Waals surface area (Å²) in [5.74, 6) is -0.845. The van der Waals surface area contributed by atoms with Gasteiger partial charge in [0.15, 0.2) is 11.5 Å². The lowest BCUT2D eigenvalue weighted by molar-refractivity contribution is -0.385. The first-order valence-electron chi connectivity index (χ1n) is 6.54. The van der Waals surface area contributed by atoms with Gasteiger partial charge in [-0.25, -0.2) is 9.18 Å². The van der Waals surface area contributed by atoms with Gasteiger partial charge in [-0.3, -0.25) is 10.1 Å². The molecule has 3 rings (SSSR count). The quantitative estimate of drug-likeness (QED) is 0.489.